The van der Waals surface area contributed by atoms with E-state index in [0.717, 1.165) is 30.7 Å². The Bertz CT molecular complexity index is 1030. The van der Waals surface area contributed by atoms with E-state index < -0.39 is 30.7 Å². The molecule has 0 aliphatic heterocycles. The molecule has 33 heavy (non-hydrogen) atoms. The van der Waals surface area contributed by atoms with E-state index >= 15 is 0 Å². The summed E-state index contributed by atoms with van der Waals surface area (Å²) in [5.74, 6) is -1.12. The minimum absolute atomic E-state index is 0.000112. The summed E-state index contributed by atoms with van der Waals surface area (Å²) in [7, 11) is -1.82. The number of nitrogen functional groups attached to an aromatic ring is 1. The van der Waals surface area contributed by atoms with Crippen LogP contribution in [0.4, 0.5) is 18.9 Å². The van der Waals surface area contributed by atoms with Gasteiger partial charge in [-0.3, -0.25) is 4.79 Å². The van der Waals surface area contributed by atoms with Gasteiger partial charge in [0.2, 0.25) is 0 Å². The molecule has 0 aromatic heterocycles. The summed E-state index contributed by atoms with van der Waals surface area (Å²) >= 11 is 0. The molecule has 2 aromatic rings. The van der Waals surface area contributed by atoms with Crippen molar-refractivity contribution in [2.45, 2.75) is 38.6 Å². The zero-order valence-corrected chi connectivity index (χ0v) is 17.9. The Hall–Kier alpha value is -3.43. The van der Waals surface area contributed by atoms with Gasteiger partial charge in [-0.2, -0.15) is 5.26 Å². The number of nitriles is 1. The summed E-state index contributed by atoms with van der Waals surface area (Å²) < 4.78 is 46.1. The highest BCUT2D eigenvalue weighted by Crippen LogP contribution is 2.24. The number of nitrogens with two attached hydrogens (primary N) is 1. The lowest BCUT2D eigenvalue weighted by Gasteiger charge is -2.24. The zero-order valence-electron chi connectivity index (χ0n) is 17.9. The second kappa shape index (κ2) is 10.5. The highest BCUT2D eigenvalue weighted by atomic mass is 19.4. The van der Waals surface area contributed by atoms with Crippen molar-refractivity contribution in [3.63, 3.8) is 0 Å². The van der Waals surface area contributed by atoms with Gasteiger partial charge in [-0.05, 0) is 49.2 Å². The number of nitrogens with zero attached hydrogens (tertiary/aromatic N) is 1. The van der Waals surface area contributed by atoms with Gasteiger partial charge in [0.05, 0.1) is 11.8 Å². The van der Waals surface area contributed by atoms with E-state index in [0.29, 0.717) is 12.0 Å². The fourth-order valence-electron chi connectivity index (χ4n) is 3.03. The van der Waals surface area contributed by atoms with Crippen LogP contribution in [-0.4, -0.2) is 41.6 Å². The quantitative estimate of drug-likeness (QED) is 0.328. The third kappa shape index (κ3) is 7.03. The van der Waals surface area contributed by atoms with Gasteiger partial charge in [0.15, 0.2) is 5.54 Å². The molecule has 0 bridgehead atoms. The van der Waals surface area contributed by atoms with Gasteiger partial charge in [0, 0.05) is 11.0 Å². The number of hydrogen-bond acceptors (Lipinski definition) is 7. The summed E-state index contributed by atoms with van der Waals surface area (Å²) in [5.41, 5.74) is 5.25. The minimum atomic E-state index is -4.86. The van der Waals surface area contributed by atoms with Gasteiger partial charge in [0.1, 0.15) is 18.1 Å². The maximum absolute atomic E-state index is 12.5. The first-order valence-corrected chi connectivity index (χ1v) is 9.89. The number of halogens is 3. The number of carbonyl (C=O) groups excluding carboxylic acids is 1. The average molecular weight is 465 g/mol. The van der Waals surface area contributed by atoms with Gasteiger partial charge in [-0.25, -0.2) is 0 Å². The van der Waals surface area contributed by atoms with Crippen LogP contribution >= 0.6 is 0 Å². The molecule has 2 rings (SSSR count). The monoisotopic (exact) mass is 465 g/mol. The Labute approximate surface area is 188 Å². The fraction of sp³-hybridized carbons (Fsp3) is 0.333. The molecule has 5 N–H and O–H groups in total. The number of ether oxygens (including phenoxy) is 2. The van der Waals surface area contributed by atoms with Crippen LogP contribution in [0.25, 0.3) is 0 Å². The molecule has 12 heteroatoms. The van der Waals surface area contributed by atoms with Crippen molar-refractivity contribution in [2.75, 3.05) is 12.3 Å². The van der Waals surface area contributed by atoms with Crippen LogP contribution in [0, 0.1) is 11.3 Å². The molecule has 1 amide bonds. The maximum Gasteiger partial charge on any atom is 0.573 e. The van der Waals surface area contributed by atoms with Crippen molar-refractivity contribution in [3.05, 3.63) is 47.5 Å². The van der Waals surface area contributed by atoms with E-state index in [1.165, 1.54) is 13.0 Å². The van der Waals surface area contributed by atoms with Crippen LogP contribution in [0.1, 0.15) is 36.2 Å². The number of alkyl halides is 3. The van der Waals surface area contributed by atoms with Crippen LogP contribution in [0.15, 0.2) is 36.4 Å². The van der Waals surface area contributed by atoms with Gasteiger partial charge in [0.25, 0.3) is 5.91 Å². The van der Waals surface area contributed by atoms with E-state index in [9.17, 15) is 33.3 Å². The first kappa shape index (κ1) is 25.8. The number of aryl methyl sites for hydroxylation is 1. The molecule has 0 spiro atoms. The number of nitrogens with one attached hydrogen (secondary N) is 1. The van der Waals surface area contributed by atoms with Crippen LogP contribution in [0.3, 0.4) is 0 Å². The molecule has 0 saturated carbocycles. The van der Waals surface area contributed by atoms with E-state index in [-0.39, 0.29) is 29.1 Å². The second-order valence-electron chi connectivity index (χ2n) is 7.43. The highest BCUT2D eigenvalue weighted by Gasteiger charge is 2.32. The number of carbonyl (C=O) groups is 1. The van der Waals surface area contributed by atoms with Crippen LogP contribution < -0.4 is 26.0 Å². The molecular formula is C21H23BF3N3O5. The summed E-state index contributed by atoms with van der Waals surface area (Å²) in [4.78, 5) is 12.5. The van der Waals surface area contributed by atoms with Crippen LogP contribution in [-0.2, 0) is 6.42 Å². The van der Waals surface area contributed by atoms with Gasteiger partial charge in [-0.1, -0.05) is 19.4 Å². The van der Waals surface area contributed by atoms with Crippen molar-refractivity contribution in [3.8, 4) is 17.6 Å². The molecule has 0 saturated heterocycles. The smallest absolute Gasteiger partial charge is 0.488 e. The second-order valence-corrected chi connectivity index (χ2v) is 7.43. The molecule has 0 fully saturated rings. The summed E-state index contributed by atoms with van der Waals surface area (Å²) in [6.07, 6.45) is -3.54. The molecule has 1 atom stereocenters. The topological polar surface area (TPSA) is 138 Å². The van der Waals surface area contributed by atoms with Gasteiger partial charge in [-0.15, -0.1) is 13.2 Å². The first-order chi connectivity index (χ1) is 15.4. The first-order valence-electron chi connectivity index (χ1n) is 9.89. The Morgan fingerprint density at radius 1 is 1.21 bits per heavy atom. The SMILES string of the molecule is CCCc1ccc(OCC(C)(C#N)NC(=O)c2ccc(OC(F)(F)F)cc2)c(N)c1B(O)O. The largest absolute Gasteiger partial charge is 0.573 e. The molecule has 0 radical (unpaired) electrons. The van der Waals surface area contributed by atoms with Crippen LogP contribution in [0.5, 0.6) is 11.5 Å². The molecule has 0 aliphatic rings. The lowest BCUT2D eigenvalue weighted by Crippen LogP contribution is -2.49. The van der Waals surface area contributed by atoms with Crippen molar-refractivity contribution < 1.29 is 37.5 Å². The van der Waals surface area contributed by atoms with E-state index in [2.05, 4.69) is 10.1 Å². The summed E-state index contributed by atoms with van der Waals surface area (Å²) in [6.45, 7) is 2.96. The van der Waals surface area contributed by atoms with Crippen molar-refractivity contribution in [2.24, 2.45) is 0 Å². The molecule has 0 heterocycles. The van der Waals surface area contributed by atoms with Crippen molar-refractivity contribution in [1.29, 1.82) is 5.26 Å². The lowest BCUT2D eigenvalue weighted by atomic mass is 9.74. The average Bonchev–Trinajstić information content (AvgIpc) is 2.72. The maximum atomic E-state index is 12.5. The molecular weight excluding hydrogens is 442 g/mol. The summed E-state index contributed by atoms with van der Waals surface area (Å²) in [5, 5.41) is 31.4. The van der Waals surface area contributed by atoms with E-state index in [1.807, 2.05) is 13.0 Å². The van der Waals surface area contributed by atoms with E-state index in [4.69, 9.17) is 10.5 Å². The standard InChI is InChI=1S/C21H23BF3N3O5/c1-3-4-13-7-10-16(18(27)17(13)22(30)31)32-12-20(2,11-26)28-19(29)14-5-8-15(9-6-14)33-21(23,24)25/h5-10,30-31H,3-4,12,27H2,1-2H3,(H,28,29). The highest BCUT2D eigenvalue weighted by molar-refractivity contribution is 6.61. The molecule has 8 nitrogen and oxygen atoms in total. The lowest BCUT2D eigenvalue weighted by molar-refractivity contribution is -0.274. The fourth-order valence-corrected chi connectivity index (χ4v) is 3.03. The van der Waals surface area contributed by atoms with E-state index in [1.54, 1.807) is 6.07 Å². The summed E-state index contributed by atoms with van der Waals surface area (Å²) in [6, 6.07) is 9.27. The molecule has 0 aliphatic carbocycles. The zero-order chi connectivity index (χ0) is 24.8. The Kier molecular flexibility index (Phi) is 8.19. The minimum Gasteiger partial charge on any atom is -0.488 e. The van der Waals surface area contributed by atoms with Crippen LogP contribution in [0.2, 0.25) is 0 Å². The number of benzene rings is 2. The number of amides is 1. The molecule has 176 valence electrons. The normalized spacial score (nSPS) is 12.9. The number of hydrogen-bond donors (Lipinski definition) is 4. The number of anilines is 1. The van der Waals surface area contributed by atoms with Crippen molar-refractivity contribution in [1.82, 2.24) is 5.32 Å². The molecule has 1 unspecified atom stereocenters. The predicted molar refractivity (Wildman–Crippen MR) is 115 cm³/mol. The predicted octanol–water partition coefficient (Wildman–Crippen LogP) is 1.89. The third-order valence-electron chi connectivity index (χ3n) is 4.62. The molecule has 2 aromatic carbocycles. The Morgan fingerprint density at radius 2 is 1.85 bits per heavy atom. The third-order valence-corrected chi connectivity index (χ3v) is 4.62. The van der Waals surface area contributed by atoms with Crippen molar-refractivity contribution >= 4 is 24.2 Å². The van der Waals surface area contributed by atoms with Gasteiger partial charge < -0.3 is 30.6 Å². The Morgan fingerprint density at radius 3 is 2.36 bits per heavy atom. The Balaban J connectivity index is 2.13. The van der Waals surface area contributed by atoms with Gasteiger partial charge >= 0.3 is 13.5 Å². The number of rotatable bonds is 9.